The molecule has 0 aliphatic heterocycles. The van der Waals surface area contributed by atoms with Crippen LogP contribution in [-0.2, 0) is 19.6 Å². The van der Waals surface area contributed by atoms with E-state index in [9.17, 15) is 0 Å². The van der Waals surface area contributed by atoms with Gasteiger partial charge in [-0.05, 0) is 48.9 Å². The van der Waals surface area contributed by atoms with E-state index >= 15 is 0 Å². The Morgan fingerprint density at radius 1 is 1.43 bits per heavy atom. The van der Waals surface area contributed by atoms with Crippen molar-refractivity contribution in [2.24, 2.45) is 5.73 Å². The van der Waals surface area contributed by atoms with E-state index in [-0.39, 0.29) is 6.04 Å². The third-order valence-electron chi connectivity index (χ3n) is 4.13. The van der Waals surface area contributed by atoms with Gasteiger partial charge in [0, 0.05) is 12.6 Å². The summed E-state index contributed by atoms with van der Waals surface area (Å²) in [6.45, 7) is 3.69. The number of rotatable bonds is 5. The lowest BCUT2D eigenvalue weighted by molar-refractivity contribution is 0.293. The van der Waals surface area contributed by atoms with Gasteiger partial charge in [0.15, 0.2) is 0 Å². The molecule has 1 aliphatic rings. The maximum atomic E-state index is 6.20. The summed E-state index contributed by atoms with van der Waals surface area (Å²) in [7, 11) is 0. The Bertz CT molecular complexity index is 606. The molecule has 0 amide bonds. The molecule has 4 nitrogen and oxygen atoms in total. The van der Waals surface area contributed by atoms with Crippen LogP contribution in [0.5, 0.6) is 5.75 Å². The van der Waals surface area contributed by atoms with Gasteiger partial charge < -0.3 is 15.0 Å². The highest BCUT2D eigenvalue weighted by Crippen LogP contribution is 2.31. The van der Waals surface area contributed by atoms with Crippen molar-refractivity contribution in [3.63, 3.8) is 0 Å². The van der Waals surface area contributed by atoms with E-state index in [1.54, 1.807) is 0 Å². The number of imidazole rings is 1. The van der Waals surface area contributed by atoms with Crippen LogP contribution in [0.25, 0.3) is 0 Å². The summed E-state index contributed by atoms with van der Waals surface area (Å²) in [5.41, 5.74) is 9.93. The lowest BCUT2D eigenvalue weighted by Crippen LogP contribution is -2.17. The first kappa shape index (κ1) is 14.1. The molecule has 1 atom stereocenters. The van der Waals surface area contributed by atoms with Crippen LogP contribution >= 0.6 is 0 Å². The normalized spacial score (nSPS) is 17.5. The van der Waals surface area contributed by atoms with Gasteiger partial charge in [-0.25, -0.2) is 4.98 Å². The molecule has 3 rings (SSSR count). The van der Waals surface area contributed by atoms with Crippen LogP contribution in [-0.4, -0.2) is 9.55 Å². The van der Waals surface area contributed by atoms with E-state index in [1.165, 1.54) is 17.5 Å². The van der Waals surface area contributed by atoms with Gasteiger partial charge in [0.05, 0.1) is 18.2 Å². The Hall–Kier alpha value is -1.81. The van der Waals surface area contributed by atoms with Gasteiger partial charge in [0.2, 0.25) is 0 Å². The molecule has 1 heterocycles. The molecule has 1 aromatic heterocycles. The second-order valence-corrected chi connectivity index (χ2v) is 5.73. The molecule has 0 radical (unpaired) electrons. The van der Waals surface area contributed by atoms with Crippen molar-refractivity contribution < 1.29 is 4.74 Å². The van der Waals surface area contributed by atoms with Crippen molar-refractivity contribution in [2.75, 3.05) is 0 Å². The molecule has 2 aromatic rings. The molecule has 1 aromatic carbocycles. The zero-order valence-corrected chi connectivity index (χ0v) is 12.6. The van der Waals surface area contributed by atoms with Crippen molar-refractivity contribution >= 4 is 0 Å². The smallest absolute Gasteiger partial charge is 0.130 e. The zero-order valence-electron chi connectivity index (χ0n) is 12.6. The second-order valence-electron chi connectivity index (χ2n) is 5.73. The summed E-state index contributed by atoms with van der Waals surface area (Å²) in [6.07, 6.45) is 8.22. The number of aromatic nitrogens is 2. The number of aryl methyl sites for hydroxylation is 2. The van der Waals surface area contributed by atoms with Crippen LogP contribution in [0.15, 0.2) is 30.7 Å². The van der Waals surface area contributed by atoms with E-state index < -0.39 is 0 Å². The standard InChI is InChI=1S/C17H23N3O/c1-2-8-20-12-19-10-14(20)11-21-15-7-6-13-4-3-5-17(18)16(13)9-15/h6-7,9-10,12,17H,2-5,8,11,18H2,1H3/t17-/m1/s1. The minimum absolute atomic E-state index is 0.155. The fraction of sp³-hybridized carbons (Fsp3) is 0.471. The molecule has 0 unspecified atom stereocenters. The van der Waals surface area contributed by atoms with Gasteiger partial charge in [0.25, 0.3) is 0 Å². The molecule has 0 fully saturated rings. The number of fused-ring (bicyclic) bond motifs is 1. The summed E-state index contributed by atoms with van der Waals surface area (Å²) >= 11 is 0. The second kappa shape index (κ2) is 6.31. The molecule has 112 valence electrons. The number of nitrogens with two attached hydrogens (primary N) is 1. The molecule has 0 saturated carbocycles. The highest BCUT2D eigenvalue weighted by molar-refractivity contribution is 5.39. The van der Waals surface area contributed by atoms with Crippen molar-refractivity contribution in [1.82, 2.24) is 9.55 Å². The molecule has 0 spiro atoms. The van der Waals surface area contributed by atoms with E-state index in [2.05, 4.69) is 34.7 Å². The van der Waals surface area contributed by atoms with Crippen molar-refractivity contribution in [1.29, 1.82) is 0 Å². The lowest BCUT2D eigenvalue weighted by Gasteiger charge is -2.22. The molecule has 2 N–H and O–H groups in total. The predicted octanol–water partition coefficient (Wildman–Crippen LogP) is 3.21. The maximum absolute atomic E-state index is 6.20. The van der Waals surface area contributed by atoms with Crippen LogP contribution in [0.2, 0.25) is 0 Å². The Morgan fingerprint density at radius 3 is 3.19 bits per heavy atom. The predicted molar refractivity (Wildman–Crippen MR) is 83.2 cm³/mol. The van der Waals surface area contributed by atoms with Crippen LogP contribution in [0, 0.1) is 0 Å². The van der Waals surface area contributed by atoms with Gasteiger partial charge in [-0.1, -0.05) is 13.0 Å². The third-order valence-corrected chi connectivity index (χ3v) is 4.13. The summed E-state index contributed by atoms with van der Waals surface area (Å²) in [5.74, 6) is 0.898. The number of benzene rings is 1. The Balaban J connectivity index is 1.71. The van der Waals surface area contributed by atoms with E-state index in [1.807, 2.05) is 12.5 Å². The average Bonchev–Trinajstić information content (AvgIpc) is 2.93. The quantitative estimate of drug-likeness (QED) is 0.917. The first-order valence-corrected chi connectivity index (χ1v) is 7.78. The minimum atomic E-state index is 0.155. The lowest BCUT2D eigenvalue weighted by atomic mass is 9.88. The highest BCUT2D eigenvalue weighted by atomic mass is 16.5. The van der Waals surface area contributed by atoms with E-state index in [0.29, 0.717) is 6.61 Å². The molecule has 21 heavy (non-hydrogen) atoms. The summed E-state index contributed by atoms with van der Waals surface area (Å²) in [6, 6.07) is 6.48. The topological polar surface area (TPSA) is 53.1 Å². The van der Waals surface area contributed by atoms with Crippen LogP contribution in [0.1, 0.15) is 49.0 Å². The third kappa shape index (κ3) is 3.10. The number of ether oxygens (including phenoxy) is 1. The van der Waals surface area contributed by atoms with Crippen molar-refractivity contribution in [3.05, 3.63) is 47.5 Å². The van der Waals surface area contributed by atoms with Gasteiger partial charge in [-0.15, -0.1) is 0 Å². The first-order chi connectivity index (χ1) is 10.3. The van der Waals surface area contributed by atoms with E-state index in [0.717, 1.165) is 37.3 Å². The SMILES string of the molecule is CCCn1cncc1COc1ccc2c(c1)[C@H](N)CCC2. The number of hydrogen-bond donors (Lipinski definition) is 1. The fourth-order valence-corrected chi connectivity index (χ4v) is 2.97. The van der Waals surface area contributed by atoms with E-state index in [4.69, 9.17) is 10.5 Å². The monoisotopic (exact) mass is 285 g/mol. The highest BCUT2D eigenvalue weighted by Gasteiger charge is 2.17. The number of nitrogens with zero attached hydrogens (tertiary/aromatic N) is 2. The first-order valence-electron chi connectivity index (χ1n) is 7.78. The maximum Gasteiger partial charge on any atom is 0.130 e. The molecular weight excluding hydrogens is 262 g/mol. The van der Waals surface area contributed by atoms with Crippen molar-refractivity contribution in [3.8, 4) is 5.75 Å². The van der Waals surface area contributed by atoms with Gasteiger partial charge >= 0.3 is 0 Å². The van der Waals surface area contributed by atoms with Crippen LogP contribution in [0.4, 0.5) is 0 Å². The fourth-order valence-electron chi connectivity index (χ4n) is 2.97. The zero-order chi connectivity index (χ0) is 14.7. The summed E-state index contributed by atoms with van der Waals surface area (Å²) < 4.78 is 8.08. The molecule has 4 heteroatoms. The summed E-state index contributed by atoms with van der Waals surface area (Å²) in [4.78, 5) is 4.20. The van der Waals surface area contributed by atoms with Crippen LogP contribution < -0.4 is 10.5 Å². The molecule has 0 bridgehead atoms. The number of hydrogen-bond acceptors (Lipinski definition) is 3. The van der Waals surface area contributed by atoms with Gasteiger partial charge in [0.1, 0.15) is 12.4 Å². The Labute approximate surface area is 125 Å². The van der Waals surface area contributed by atoms with Gasteiger partial charge in [-0.2, -0.15) is 0 Å². The largest absolute Gasteiger partial charge is 0.487 e. The Kier molecular flexibility index (Phi) is 4.25. The molecule has 0 saturated heterocycles. The van der Waals surface area contributed by atoms with Gasteiger partial charge in [-0.3, -0.25) is 0 Å². The van der Waals surface area contributed by atoms with Crippen LogP contribution in [0.3, 0.4) is 0 Å². The molecule has 1 aliphatic carbocycles. The minimum Gasteiger partial charge on any atom is -0.487 e. The van der Waals surface area contributed by atoms with Crippen molar-refractivity contribution in [2.45, 2.75) is 51.8 Å². The molecular formula is C17H23N3O. The summed E-state index contributed by atoms with van der Waals surface area (Å²) in [5, 5.41) is 0. The Morgan fingerprint density at radius 2 is 2.33 bits per heavy atom. The average molecular weight is 285 g/mol.